The summed E-state index contributed by atoms with van der Waals surface area (Å²) in [6, 6.07) is 2.55. The lowest BCUT2D eigenvalue weighted by atomic mass is 10.3. The second kappa shape index (κ2) is 9.51. The van der Waals surface area contributed by atoms with Crippen LogP contribution in [0.5, 0.6) is 0 Å². The minimum atomic E-state index is -0.672. The number of nitrogens with zero attached hydrogens (tertiary/aromatic N) is 3. The average Bonchev–Trinajstić information content (AvgIpc) is 3.20. The Kier molecular flexibility index (Phi) is 7.09. The third-order valence-electron chi connectivity index (χ3n) is 3.22. The molecule has 2 heterocycles. The van der Waals surface area contributed by atoms with Crippen LogP contribution < -0.4 is 0 Å². The summed E-state index contributed by atoms with van der Waals surface area (Å²) in [5, 5.41) is 15.5. The van der Waals surface area contributed by atoms with Gasteiger partial charge >= 0.3 is 17.9 Å². The molecular formula is C15H19N3O8. The zero-order chi connectivity index (χ0) is 18.9. The molecule has 1 aliphatic heterocycles. The van der Waals surface area contributed by atoms with E-state index in [0.29, 0.717) is 6.42 Å². The number of amides is 1. The number of hydrazone groups is 1. The van der Waals surface area contributed by atoms with Crippen molar-refractivity contribution in [3.63, 3.8) is 0 Å². The average molecular weight is 369 g/mol. The molecule has 0 bridgehead atoms. The Morgan fingerprint density at radius 2 is 2.31 bits per heavy atom. The summed E-state index contributed by atoms with van der Waals surface area (Å²) in [6.07, 6.45) is 1.10. The minimum Gasteiger partial charge on any atom is -0.463 e. The van der Waals surface area contributed by atoms with Gasteiger partial charge in [0.1, 0.15) is 17.6 Å². The van der Waals surface area contributed by atoms with Gasteiger partial charge in [-0.3, -0.25) is 14.9 Å². The van der Waals surface area contributed by atoms with Gasteiger partial charge < -0.3 is 18.6 Å². The molecule has 0 spiro atoms. The molecule has 1 aromatic rings. The van der Waals surface area contributed by atoms with Crippen molar-refractivity contribution in [2.75, 3.05) is 26.4 Å². The Balaban J connectivity index is 1.70. The fourth-order valence-electron chi connectivity index (χ4n) is 2.03. The van der Waals surface area contributed by atoms with Gasteiger partial charge in [0.2, 0.25) is 0 Å². The highest BCUT2D eigenvalue weighted by Gasteiger charge is 2.31. The van der Waals surface area contributed by atoms with Crippen LogP contribution in [-0.2, 0) is 19.0 Å². The number of rotatable bonds is 10. The lowest BCUT2D eigenvalue weighted by molar-refractivity contribution is -0.402. The van der Waals surface area contributed by atoms with Gasteiger partial charge in [0, 0.05) is 6.42 Å². The van der Waals surface area contributed by atoms with Crippen LogP contribution in [0.1, 0.15) is 25.5 Å². The molecule has 1 atom stereocenters. The van der Waals surface area contributed by atoms with Crippen molar-refractivity contribution in [2.45, 2.75) is 25.9 Å². The van der Waals surface area contributed by atoms with Crippen LogP contribution in [0.25, 0.3) is 0 Å². The molecule has 26 heavy (non-hydrogen) atoms. The number of carbonyl (C=O) groups excluding carboxylic acids is 2. The van der Waals surface area contributed by atoms with Gasteiger partial charge in [-0.15, -0.1) is 0 Å². The molecule has 1 amide bonds. The van der Waals surface area contributed by atoms with E-state index in [1.54, 1.807) is 0 Å². The first-order chi connectivity index (χ1) is 12.5. The molecule has 2 rings (SSSR count). The molecule has 0 aromatic carbocycles. The van der Waals surface area contributed by atoms with Gasteiger partial charge in [0.25, 0.3) is 0 Å². The molecule has 1 unspecified atom stereocenters. The minimum absolute atomic E-state index is 0.134. The predicted molar refractivity (Wildman–Crippen MR) is 86.6 cm³/mol. The molecule has 1 saturated heterocycles. The van der Waals surface area contributed by atoms with E-state index in [1.165, 1.54) is 18.3 Å². The van der Waals surface area contributed by atoms with Crippen LogP contribution in [-0.4, -0.2) is 60.7 Å². The smallest absolute Gasteiger partial charge is 0.433 e. The predicted octanol–water partition coefficient (Wildman–Crippen LogP) is 1.70. The van der Waals surface area contributed by atoms with Crippen molar-refractivity contribution in [3.05, 3.63) is 28.0 Å². The van der Waals surface area contributed by atoms with E-state index in [9.17, 15) is 19.7 Å². The Morgan fingerprint density at radius 3 is 3.00 bits per heavy atom. The monoisotopic (exact) mass is 369 g/mol. The summed E-state index contributed by atoms with van der Waals surface area (Å²) in [7, 11) is 0. The summed E-state index contributed by atoms with van der Waals surface area (Å²) in [5.41, 5.74) is 0. The Hall–Kier alpha value is -2.95. The lowest BCUT2D eigenvalue weighted by Crippen LogP contribution is -2.23. The van der Waals surface area contributed by atoms with Crippen LogP contribution in [0.15, 0.2) is 21.7 Å². The third-order valence-corrected chi connectivity index (χ3v) is 3.22. The van der Waals surface area contributed by atoms with Crippen molar-refractivity contribution in [2.24, 2.45) is 5.10 Å². The number of furan rings is 1. The first kappa shape index (κ1) is 19.4. The maximum absolute atomic E-state index is 11.7. The molecule has 142 valence electrons. The Morgan fingerprint density at radius 1 is 1.50 bits per heavy atom. The first-order valence-corrected chi connectivity index (χ1v) is 7.99. The number of cyclic esters (lactones) is 1. The fraction of sp³-hybridized carbons (Fsp3) is 0.533. The van der Waals surface area contributed by atoms with Gasteiger partial charge in [0.15, 0.2) is 5.76 Å². The molecule has 0 N–H and O–H groups in total. The largest absolute Gasteiger partial charge is 0.463 e. The van der Waals surface area contributed by atoms with Crippen LogP contribution in [0.3, 0.4) is 0 Å². The van der Waals surface area contributed by atoms with E-state index < -0.39 is 23.0 Å². The molecule has 11 heteroatoms. The van der Waals surface area contributed by atoms with Crippen LogP contribution in [0.4, 0.5) is 10.7 Å². The quantitative estimate of drug-likeness (QED) is 0.200. The van der Waals surface area contributed by atoms with Crippen LogP contribution in [0, 0.1) is 10.1 Å². The highest BCUT2D eigenvalue weighted by Crippen LogP contribution is 2.15. The van der Waals surface area contributed by atoms with E-state index in [-0.39, 0.29) is 38.1 Å². The number of carbonyl (C=O) groups is 2. The maximum atomic E-state index is 11.7. The number of hydrogen-bond donors (Lipinski definition) is 0. The summed E-state index contributed by atoms with van der Waals surface area (Å²) in [6.45, 7) is 2.51. The second-order valence-corrected chi connectivity index (χ2v) is 5.31. The van der Waals surface area contributed by atoms with Gasteiger partial charge in [-0.25, -0.2) is 4.79 Å². The lowest BCUT2D eigenvalue weighted by Gasteiger charge is -2.09. The van der Waals surface area contributed by atoms with Crippen LogP contribution in [0.2, 0.25) is 0 Å². The molecule has 1 fully saturated rings. The standard InChI is InChI=1S/C15H19N3O8/c1-2-3-14(19)24-7-6-23-10-12-9-17(15(20)26-12)16-8-11-4-5-13(25-11)18(21)22/h4-5,8,12H,2-3,6-7,9-10H2,1H3. The summed E-state index contributed by atoms with van der Waals surface area (Å²) in [5.74, 6) is -0.554. The molecule has 0 aliphatic carbocycles. The molecular weight excluding hydrogens is 350 g/mol. The van der Waals surface area contributed by atoms with Gasteiger partial charge in [-0.2, -0.15) is 10.1 Å². The summed E-state index contributed by atoms with van der Waals surface area (Å²) >= 11 is 0. The molecule has 0 saturated carbocycles. The fourth-order valence-corrected chi connectivity index (χ4v) is 2.03. The SMILES string of the molecule is CCCC(=O)OCCOCC1CN(N=Cc2ccc([N+](=O)[O-])o2)C(=O)O1. The van der Waals surface area contributed by atoms with Crippen molar-refractivity contribution in [3.8, 4) is 0 Å². The highest BCUT2D eigenvalue weighted by molar-refractivity contribution is 5.78. The van der Waals surface area contributed by atoms with Gasteiger partial charge in [-0.05, 0) is 12.5 Å². The molecule has 1 aliphatic rings. The highest BCUT2D eigenvalue weighted by atomic mass is 16.6. The Bertz CT molecular complexity index is 672. The van der Waals surface area contributed by atoms with Gasteiger partial charge in [0.05, 0.1) is 32.0 Å². The van der Waals surface area contributed by atoms with E-state index in [2.05, 4.69) is 5.10 Å². The number of esters is 1. The van der Waals surface area contributed by atoms with Crippen molar-refractivity contribution in [1.29, 1.82) is 0 Å². The molecule has 11 nitrogen and oxygen atoms in total. The number of nitro groups is 1. The number of ether oxygens (including phenoxy) is 3. The van der Waals surface area contributed by atoms with E-state index in [1.807, 2.05) is 6.92 Å². The van der Waals surface area contributed by atoms with Crippen molar-refractivity contribution >= 4 is 24.2 Å². The van der Waals surface area contributed by atoms with Crippen LogP contribution >= 0.6 is 0 Å². The zero-order valence-corrected chi connectivity index (χ0v) is 14.2. The van der Waals surface area contributed by atoms with E-state index in [4.69, 9.17) is 18.6 Å². The number of hydrogen-bond acceptors (Lipinski definition) is 9. The maximum Gasteiger partial charge on any atom is 0.433 e. The third kappa shape index (κ3) is 5.84. The zero-order valence-electron chi connectivity index (χ0n) is 14.2. The Labute approximate surface area is 148 Å². The first-order valence-electron chi connectivity index (χ1n) is 7.99. The topological polar surface area (TPSA) is 134 Å². The van der Waals surface area contributed by atoms with E-state index in [0.717, 1.165) is 11.4 Å². The summed E-state index contributed by atoms with van der Waals surface area (Å²) < 4.78 is 20.2. The van der Waals surface area contributed by atoms with Gasteiger partial charge in [-0.1, -0.05) is 6.92 Å². The summed E-state index contributed by atoms with van der Waals surface area (Å²) in [4.78, 5) is 32.7. The molecule has 0 radical (unpaired) electrons. The second-order valence-electron chi connectivity index (χ2n) is 5.31. The van der Waals surface area contributed by atoms with E-state index >= 15 is 0 Å². The molecule has 1 aromatic heterocycles. The van der Waals surface area contributed by atoms with Crippen molar-refractivity contribution < 1.29 is 33.1 Å². The van der Waals surface area contributed by atoms with Crippen molar-refractivity contribution in [1.82, 2.24) is 5.01 Å². The normalized spacial score (nSPS) is 16.9.